The van der Waals surface area contributed by atoms with E-state index in [9.17, 15) is 18.0 Å². The van der Waals surface area contributed by atoms with Crippen LogP contribution in [0.25, 0.3) is 11.1 Å². The second kappa shape index (κ2) is 9.27. The zero-order chi connectivity index (χ0) is 21.7. The first-order valence-corrected chi connectivity index (χ1v) is 11.2. The van der Waals surface area contributed by atoms with Crippen molar-refractivity contribution in [1.29, 1.82) is 0 Å². The van der Waals surface area contributed by atoms with E-state index in [1.165, 1.54) is 30.7 Å². The van der Waals surface area contributed by atoms with Crippen LogP contribution in [0.2, 0.25) is 0 Å². The smallest absolute Gasteiger partial charge is 0.321 e. The molecule has 2 aromatic carbocycles. The quantitative estimate of drug-likeness (QED) is 0.556. The van der Waals surface area contributed by atoms with Crippen molar-refractivity contribution in [2.75, 3.05) is 18.0 Å². The molecule has 1 aliphatic rings. The summed E-state index contributed by atoms with van der Waals surface area (Å²) in [5.74, 6) is -2.62. The molecule has 2 aromatic rings. The number of anilines is 1. The van der Waals surface area contributed by atoms with Crippen LogP contribution in [0.1, 0.15) is 25.7 Å². The Hall–Kier alpha value is -2.91. The molecule has 3 N–H and O–H groups in total. The maximum atomic E-state index is 12.5. The van der Waals surface area contributed by atoms with Crippen molar-refractivity contribution in [3.05, 3.63) is 48.5 Å². The second-order valence-corrected chi connectivity index (χ2v) is 8.92. The van der Waals surface area contributed by atoms with Gasteiger partial charge in [0.25, 0.3) is 0 Å². The van der Waals surface area contributed by atoms with Crippen LogP contribution < -0.4 is 9.62 Å². The molecule has 30 heavy (non-hydrogen) atoms. The minimum Gasteiger partial charge on any atom is -0.481 e. The van der Waals surface area contributed by atoms with Crippen LogP contribution in [-0.2, 0) is 19.6 Å². The van der Waals surface area contributed by atoms with Gasteiger partial charge in [-0.15, -0.1) is 0 Å². The highest BCUT2D eigenvalue weighted by atomic mass is 32.2. The lowest BCUT2D eigenvalue weighted by molar-refractivity contribution is -0.140. The van der Waals surface area contributed by atoms with Gasteiger partial charge in [0.05, 0.1) is 4.90 Å². The topological polar surface area (TPSA) is 124 Å². The molecule has 1 fully saturated rings. The fraction of sp³-hybridized carbons (Fsp3) is 0.333. The molecule has 0 bridgehead atoms. The lowest BCUT2D eigenvalue weighted by Crippen LogP contribution is -2.41. The number of carboxylic acid groups (broad SMARTS) is 2. The maximum Gasteiger partial charge on any atom is 0.321 e. The Kier molecular flexibility index (Phi) is 6.73. The van der Waals surface area contributed by atoms with Gasteiger partial charge in [-0.3, -0.25) is 9.59 Å². The number of carbonyl (C=O) groups is 2. The summed E-state index contributed by atoms with van der Waals surface area (Å²) < 4.78 is 27.1. The van der Waals surface area contributed by atoms with Crippen LogP contribution in [0, 0.1) is 0 Å². The van der Waals surface area contributed by atoms with Crippen molar-refractivity contribution in [3.63, 3.8) is 0 Å². The molecule has 0 radical (unpaired) electrons. The van der Waals surface area contributed by atoms with Crippen LogP contribution >= 0.6 is 0 Å². The summed E-state index contributed by atoms with van der Waals surface area (Å²) in [6.45, 7) is 2.12. The lowest BCUT2D eigenvalue weighted by Gasteiger charge is -2.18. The molecule has 0 aliphatic carbocycles. The summed E-state index contributed by atoms with van der Waals surface area (Å²) in [5.41, 5.74) is 2.95. The molecule has 0 saturated carbocycles. The van der Waals surface area contributed by atoms with Gasteiger partial charge in [0, 0.05) is 25.2 Å². The van der Waals surface area contributed by atoms with Gasteiger partial charge in [-0.1, -0.05) is 24.3 Å². The minimum atomic E-state index is -4.10. The third-order valence-corrected chi connectivity index (χ3v) is 6.57. The monoisotopic (exact) mass is 432 g/mol. The van der Waals surface area contributed by atoms with E-state index in [0.717, 1.165) is 24.2 Å². The Labute approximate surface area is 175 Å². The number of nitrogens with one attached hydrogen (secondary N) is 1. The minimum absolute atomic E-state index is 0.0819. The van der Waals surface area contributed by atoms with E-state index in [-0.39, 0.29) is 11.3 Å². The van der Waals surface area contributed by atoms with E-state index in [1.807, 2.05) is 24.3 Å². The Morgan fingerprint density at radius 1 is 0.933 bits per heavy atom. The van der Waals surface area contributed by atoms with Gasteiger partial charge in [-0.2, -0.15) is 4.72 Å². The average Bonchev–Trinajstić information content (AvgIpc) is 3.26. The molecule has 1 atom stereocenters. The zero-order valence-corrected chi connectivity index (χ0v) is 17.1. The Bertz CT molecular complexity index is 997. The predicted octanol–water partition coefficient (Wildman–Crippen LogP) is 2.55. The summed E-state index contributed by atoms with van der Waals surface area (Å²) >= 11 is 0. The van der Waals surface area contributed by atoms with E-state index in [0.29, 0.717) is 0 Å². The number of sulfonamides is 1. The summed E-state index contributed by atoms with van der Waals surface area (Å²) in [4.78, 5) is 24.2. The van der Waals surface area contributed by atoms with Crippen LogP contribution in [0.15, 0.2) is 53.4 Å². The predicted molar refractivity (Wildman–Crippen MR) is 112 cm³/mol. The third-order valence-electron chi connectivity index (χ3n) is 5.08. The molecule has 0 spiro atoms. The molecule has 0 amide bonds. The van der Waals surface area contributed by atoms with Crippen molar-refractivity contribution in [3.8, 4) is 11.1 Å². The fourth-order valence-electron chi connectivity index (χ4n) is 3.42. The Morgan fingerprint density at radius 3 is 1.97 bits per heavy atom. The van der Waals surface area contributed by atoms with Gasteiger partial charge in [0.1, 0.15) is 6.04 Å². The molecule has 160 valence electrons. The summed E-state index contributed by atoms with van der Waals surface area (Å²) in [6, 6.07) is 12.7. The van der Waals surface area contributed by atoms with Crippen molar-refractivity contribution < 1.29 is 28.2 Å². The first-order valence-electron chi connectivity index (χ1n) is 9.68. The number of benzene rings is 2. The standard InChI is InChI=1S/C21H24N2O6S/c24-20(25)12-11-19(21(26)27)22-30(28,29)18-9-5-16(6-10-18)15-3-7-17(8-4-15)23-13-1-2-14-23/h3-10,19,22H,1-2,11-14H2,(H,24,25)(H,26,27)/t19-/m0/s1. The highest BCUT2D eigenvalue weighted by Crippen LogP contribution is 2.26. The van der Waals surface area contributed by atoms with Crippen LogP contribution in [0.5, 0.6) is 0 Å². The largest absolute Gasteiger partial charge is 0.481 e. The van der Waals surface area contributed by atoms with E-state index >= 15 is 0 Å². The van der Waals surface area contributed by atoms with E-state index in [2.05, 4.69) is 9.62 Å². The maximum absolute atomic E-state index is 12.5. The molecule has 3 rings (SSSR count). The van der Waals surface area contributed by atoms with Gasteiger partial charge in [-0.25, -0.2) is 8.42 Å². The molecular weight excluding hydrogens is 408 g/mol. The number of hydrogen-bond donors (Lipinski definition) is 3. The van der Waals surface area contributed by atoms with Gasteiger partial charge in [0.2, 0.25) is 10.0 Å². The molecule has 9 heteroatoms. The van der Waals surface area contributed by atoms with Crippen LogP contribution in [-0.4, -0.2) is 49.7 Å². The highest BCUT2D eigenvalue weighted by molar-refractivity contribution is 7.89. The molecule has 8 nitrogen and oxygen atoms in total. The first kappa shape index (κ1) is 21.8. The van der Waals surface area contributed by atoms with Gasteiger partial charge in [0.15, 0.2) is 0 Å². The summed E-state index contributed by atoms with van der Waals surface area (Å²) in [5, 5.41) is 17.9. The lowest BCUT2D eigenvalue weighted by atomic mass is 10.1. The van der Waals surface area contributed by atoms with Crippen molar-refractivity contribution in [1.82, 2.24) is 4.72 Å². The molecule has 0 aromatic heterocycles. The van der Waals surface area contributed by atoms with Crippen LogP contribution in [0.3, 0.4) is 0 Å². The normalized spacial score (nSPS) is 15.1. The Balaban J connectivity index is 1.72. The van der Waals surface area contributed by atoms with E-state index < -0.39 is 34.4 Å². The van der Waals surface area contributed by atoms with Crippen molar-refractivity contribution in [2.24, 2.45) is 0 Å². The molecule has 1 saturated heterocycles. The van der Waals surface area contributed by atoms with Gasteiger partial charge < -0.3 is 15.1 Å². The van der Waals surface area contributed by atoms with Crippen molar-refractivity contribution in [2.45, 2.75) is 36.6 Å². The van der Waals surface area contributed by atoms with Crippen LogP contribution in [0.4, 0.5) is 5.69 Å². The number of aliphatic carboxylic acids is 2. The SMILES string of the molecule is O=C(O)CC[C@H](NS(=O)(=O)c1ccc(-c2ccc(N3CCCC3)cc2)cc1)C(=O)O. The fourth-order valence-corrected chi connectivity index (χ4v) is 4.65. The van der Waals surface area contributed by atoms with Crippen molar-refractivity contribution >= 4 is 27.6 Å². The zero-order valence-electron chi connectivity index (χ0n) is 16.3. The Morgan fingerprint density at radius 2 is 1.47 bits per heavy atom. The number of rotatable bonds is 9. The second-order valence-electron chi connectivity index (χ2n) is 7.21. The average molecular weight is 432 g/mol. The third kappa shape index (κ3) is 5.37. The number of hydrogen-bond acceptors (Lipinski definition) is 5. The highest BCUT2D eigenvalue weighted by Gasteiger charge is 2.26. The first-order chi connectivity index (χ1) is 14.3. The van der Waals surface area contributed by atoms with E-state index in [4.69, 9.17) is 10.2 Å². The molecule has 0 unspecified atom stereocenters. The molecule has 1 aliphatic heterocycles. The van der Waals surface area contributed by atoms with Gasteiger partial charge >= 0.3 is 11.9 Å². The molecular formula is C21H24N2O6S. The summed E-state index contributed by atoms with van der Waals surface area (Å²) in [7, 11) is -4.10. The van der Waals surface area contributed by atoms with Gasteiger partial charge in [-0.05, 0) is 54.7 Å². The summed E-state index contributed by atoms with van der Waals surface area (Å²) in [6.07, 6.45) is 1.60. The van der Waals surface area contributed by atoms with E-state index in [1.54, 1.807) is 12.1 Å². The number of carboxylic acids is 2. The molecule has 1 heterocycles. The number of nitrogens with zero attached hydrogens (tertiary/aromatic N) is 1.